The first-order valence-electron chi connectivity index (χ1n) is 12.3. The Hall–Kier alpha value is -2.91. The molecule has 1 aromatic rings. The van der Waals surface area contributed by atoms with Gasteiger partial charge in [-0.3, -0.25) is 14.4 Å². The maximum absolute atomic E-state index is 14.2. The van der Waals surface area contributed by atoms with Gasteiger partial charge in [-0.1, -0.05) is 18.9 Å². The maximum atomic E-state index is 14.2. The van der Waals surface area contributed by atoms with E-state index in [4.69, 9.17) is 14.6 Å². The normalized spacial score (nSPS) is 28.7. The van der Waals surface area contributed by atoms with Crippen LogP contribution in [0.2, 0.25) is 0 Å². The molecule has 3 fully saturated rings. The van der Waals surface area contributed by atoms with E-state index >= 15 is 0 Å². The van der Waals surface area contributed by atoms with Crippen molar-refractivity contribution in [2.24, 2.45) is 11.8 Å². The van der Waals surface area contributed by atoms with Crippen LogP contribution in [0.5, 0.6) is 5.75 Å². The Morgan fingerprint density at radius 2 is 1.97 bits per heavy atom. The summed E-state index contributed by atoms with van der Waals surface area (Å²) in [6.07, 6.45) is 5.00. The van der Waals surface area contributed by atoms with E-state index in [1.165, 1.54) is 0 Å². The molecule has 3 aliphatic heterocycles. The van der Waals surface area contributed by atoms with Crippen molar-refractivity contribution in [3.63, 3.8) is 0 Å². The van der Waals surface area contributed by atoms with Crippen molar-refractivity contribution >= 4 is 23.5 Å². The number of nitrogens with zero attached hydrogens (tertiary/aromatic N) is 2. The first kappa shape index (κ1) is 25.2. The lowest BCUT2D eigenvalue weighted by Crippen LogP contribution is -2.56. The van der Waals surface area contributed by atoms with Gasteiger partial charge < -0.3 is 29.5 Å². The Morgan fingerprint density at radius 1 is 1.26 bits per heavy atom. The largest absolute Gasteiger partial charge is 0.497 e. The van der Waals surface area contributed by atoms with Crippen LogP contribution in [0.3, 0.4) is 0 Å². The van der Waals surface area contributed by atoms with Crippen molar-refractivity contribution in [3.8, 4) is 5.75 Å². The smallest absolute Gasteiger partial charge is 0.310 e. The number of likely N-dealkylation sites (tertiary alicyclic amines) is 1. The van der Waals surface area contributed by atoms with Crippen LogP contribution in [0.15, 0.2) is 36.9 Å². The Morgan fingerprint density at radius 3 is 2.60 bits per heavy atom. The average molecular weight is 487 g/mol. The van der Waals surface area contributed by atoms with Crippen molar-refractivity contribution < 1.29 is 34.1 Å². The van der Waals surface area contributed by atoms with E-state index < -0.39 is 35.6 Å². The van der Waals surface area contributed by atoms with Gasteiger partial charge in [0, 0.05) is 25.4 Å². The number of ether oxygens (including phenoxy) is 2. The Kier molecular flexibility index (Phi) is 7.47. The number of hydrogen-bond donors (Lipinski definition) is 2. The number of aliphatic hydroxyl groups excluding tert-OH is 1. The molecule has 4 rings (SSSR count). The molecule has 0 saturated carbocycles. The zero-order chi connectivity index (χ0) is 25.2. The lowest BCUT2D eigenvalue weighted by atomic mass is 9.70. The van der Waals surface area contributed by atoms with E-state index in [1.807, 2.05) is 0 Å². The number of hydrogen-bond acceptors (Lipinski definition) is 6. The second-order valence-electron chi connectivity index (χ2n) is 9.50. The second-order valence-corrected chi connectivity index (χ2v) is 9.50. The molecule has 0 aliphatic carbocycles. The van der Waals surface area contributed by atoms with Crippen LogP contribution in [0, 0.1) is 11.8 Å². The van der Waals surface area contributed by atoms with Gasteiger partial charge in [0.25, 0.3) is 5.91 Å². The summed E-state index contributed by atoms with van der Waals surface area (Å²) in [6.45, 7) is 4.48. The number of anilines is 1. The summed E-state index contributed by atoms with van der Waals surface area (Å²) in [5.41, 5.74) is -0.507. The molecule has 0 radical (unpaired) electrons. The van der Waals surface area contributed by atoms with Crippen molar-refractivity contribution in [1.29, 1.82) is 0 Å². The summed E-state index contributed by atoms with van der Waals surface area (Å²) < 4.78 is 11.5. The standard InChI is InChI=1S/C26H34N2O7/c1-3-14-27(17-8-10-18(34-2)11-9-17)24(31)22-26-13-12-19(35-26)20(25(32)33)21(26)23(30)28(22)15-6-4-5-7-16-29/h3,8-11,19-22,29H,1,4-7,12-16H2,2H3,(H,32,33)/t19-,20+,21+,22?,26?/m1/s1. The zero-order valence-electron chi connectivity index (χ0n) is 20.1. The number of carboxylic acids is 1. The fraction of sp³-hybridized carbons (Fsp3) is 0.577. The summed E-state index contributed by atoms with van der Waals surface area (Å²) in [6, 6.07) is 6.17. The summed E-state index contributed by atoms with van der Waals surface area (Å²) in [7, 11) is 1.57. The van der Waals surface area contributed by atoms with E-state index in [1.54, 1.807) is 47.3 Å². The number of fused-ring (bicyclic) bond motifs is 1. The molecule has 2 N–H and O–H groups in total. The highest BCUT2D eigenvalue weighted by Gasteiger charge is 2.74. The Balaban J connectivity index is 1.68. The lowest BCUT2D eigenvalue weighted by molar-refractivity contribution is -0.149. The molecule has 2 amide bonds. The third-order valence-corrected chi connectivity index (χ3v) is 7.59. The minimum atomic E-state index is -1.14. The fourth-order valence-corrected chi connectivity index (χ4v) is 6.06. The molecule has 2 unspecified atom stereocenters. The van der Waals surface area contributed by atoms with Gasteiger partial charge in [0.1, 0.15) is 17.4 Å². The van der Waals surface area contributed by atoms with Gasteiger partial charge in [-0.05, 0) is 49.9 Å². The topological polar surface area (TPSA) is 117 Å². The van der Waals surface area contributed by atoms with Gasteiger partial charge >= 0.3 is 5.97 Å². The van der Waals surface area contributed by atoms with Crippen LogP contribution in [0.4, 0.5) is 5.69 Å². The number of carbonyl (C=O) groups excluding carboxylic acids is 2. The molecule has 9 heteroatoms. The van der Waals surface area contributed by atoms with Crippen molar-refractivity contribution in [3.05, 3.63) is 36.9 Å². The van der Waals surface area contributed by atoms with Gasteiger partial charge in [-0.2, -0.15) is 0 Å². The number of carboxylic acid groups (broad SMARTS) is 1. The van der Waals surface area contributed by atoms with Crippen molar-refractivity contribution in [1.82, 2.24) is 4.90 Å². The van der Waals surface area contributed by atoms with Gasteiger partial charge in [0.15, 0.2) is 0 Å². The van der Waals surface area contributed by atoms with E-state index in [9.17, 15) is 19.5 Å². The van der Waals surface area contributed by atoms with E-state index in [0.29, 0.717) is 43.7 Å². The number of unbranched alkanes of at least 4 members (excludes halogenated alkanes) is 3. The SMILES string of the molecule is C=CCN(C(=O)C1N(CCCCCCO)C(=O)[C@@H]2[C@@H](C(=O)O)[C@H]3CCC12O3)c1ccc(OC)cc1. The van der Waals surface area contributed by atoms with Gasteiger partial charge in [-0.15, -0.1) is 6.58 Å². The fourth-order valence-electron chi connectivity index (χ4n) is 6.06. The van der Waals surface area contributed by atoms with E-state index in [-0.39, 0.29) is 25.0 Å². The quantitative estimate of drug-likeness (QED) is 0.344. The van der Waals surface area contributed by atoms with Gasteiger partial charge in [0.2, 0.25) is 5.91 Å². The number of benzene rings is 1. The molecule has 3 saturated heterocycles. The first-order chi connectivity index (χ1) is 16.9. The number of rotatable bonds is 12. The Bertz CT molecular complexity index is 965. The highest BCUT2D eigenvalue weighted by molar-refractivity contribution is 6.04. The minimum Gasteiger partial charge on any atom is -0.497 e. The predicted octanol–water partition coefficient (Wildman–Crippen LogP) is 2.23. The van der Waals surface area contributed by atoms with E-state index in [0.717, 1.165) is 12.8 Å². The summed E-state index contributed by atoms with van der Waals surface area (Å²) in [5.74, 6) is -2.82. The van der Waals surface area contributed by atoms with Crippen LogP contribution in [-0.4, -0.2) is 77.4 Å². The third kappa shape index (κ3) is 4.31. The molecule has 190 valence electrons. The monoisotopic (exact) mass is 486 g/mol. The van der Waals surface area contributed by atoms with Crippen LogP contribution in [0.25, 0.3) is 0 Å². The number of amides is 2. The molecule has 2 bridgehead atoms. The third-order valence-electron chi connectivity index (χ3n) is 7.59. The molecule has 3 aliphatic rings. The molecule has 9 nitrogen and oxygen atoms in total. The predicted molar refractivity (Wildman–Crippen MR) is 128 cm³/mol. The zero-order valence-corrected chi connectivity index (χ0v) is 20.1. The number of aliphatic hydroxyl groups is 1. The Labute approximate surface area is 205 Å². The number of methoxy groups -OCH3 is 1. The second kappa shape index (κ2) is 10.4. The van der Waals surface area contributed by atoms with Gasteiger partial charge in [-0.25, -0.2) is 0 Å². The molecule has 1 aromatic carbocycles. The molecular weight excluding hydrogens is 452 g/mol. The van der Waals surface area contributed by atoms with E-state index in [2.05, 4.69) is 6.58 Å². The average Bonchev–Trinajstić information content (AvgIpc) is 3.49. The van der Waals surface area contributed by atoms with Crippen molar-refractivity contribution in [2.75, 3.05) is 31.7 Å². The number of carbonyl (C=O) groups is 3. The van der Waals surface area contributed by atoms with Crippen LogP contribution in [-0.2, 0) is 19.1 Å². The first-order valence-corrected chi connectivity index (χ1v) is 12.3. The van der Waals surface area contributed by atoms with Crippen molar-refractivity contribution in [2.45, 2.75) is 56.3 Å². The molecular formula is C26H34N2O7. The van der Waals surface area contributed by atoms with Gasteiger partial charge in [0.05, 0.1) is 25.0 Å². The highest BCUT2D eigenvalue weighted by Crippen LogP contribution is 2.58. The maximum Gasteiger partial charge on any atom is 0.310 e. The summed E-state index contributed by atoms with van der Waals surface area (Å²) >= 11 is 0. The van der Waals surface area contributed by atoms with Crippen LogP contribution in [0.1, 0.15) is 38.5 Å². The van der Waals surface area contributed by atoms with Crippen LogP contribution >= 0.6 is 0 Å². The van der Waals surface area contributed by atoms with Crippen LogP contribution < -0.4 is 9.64 Å². The molecule has 5 atom stereocenters. The summed E-state index contributed by atoms with van der Waals surface area (Å²) in [5, 5.41) is 19.0. The molecule has 35 heavy (non-hydrogen) atoms. The molecule has 1 spiro atoms. The lowest BCUT2D eigenvalue weighted by Gasteiger charge is -2.36. The number of aliphatic carboxylic acids is 1. The summed E-state index contributed by atoms with van der Waals surface area (Å²) in [4.78, 5) is 43.1. The molecule has 3 heterocycles. The molecule has 0 aromatic heterocycles. The highest BCUT2D eigenvalue weighted by atomic mass is 16.5. The minimum absolute atomic E-state index is 0.114.